The van der Waals surface area contributed by atoms with Crippen molar-refractivity contribution in [3.63, 3.8) is 0 Å². The zero-order valence-electron chi connectivity index (χ0n) is 7.35. The first kappa shape index (κ1) is 10.7. The third kappa shape index (κ3) is 3.13. The van der Waals surface area contributed by atoms with Crippen LogP contribution in [-0.2, 0) is 15.4 Å². The maximum Gasteiger partial charge on any atom is 0.176 e. The first-order valence-corrected chi connectivity index (χ1v) is 5.48. The van der Waals surface area contributed by atoms with E-state index in [0.29, 0.717) is 12.5 Å². The van der Waals surface area contributed by atoms with Gasteiger partial charge in [0.1, 0.15) is 0 Å². The van der Waals surface area contributed by atoms with Gasteiger partial charge in [-0.25, -0.2) is 8.49 Å². The average Bonchev–Trinajstić information content (AvgIpc) is 2.18. The minimum atomic E-state index is -1.36. The van der Waals surface area contributed by atoms with Gasteiger partial charge in [-0.2, -0.15) is 10.8 Å². The van der Waals surface area contributed by atoms with Gasteiger partial charge >= 0.3 is 0 Å². The second kappa shape index (κ2) is 5.41. The zero-order chi connectivity index (χ0) is 9.68. The fourth-order valence-corrected chi connectivity index (χ4v) is 2.51. The van der Waals surface area contributed by atoms with Crippen LogP contribution >= 0.6 is 0 Å². The molecule has 1 saturated carbocycles. The maximum absolute atomic E-state index is 11.1. The first-order chi connectivity index (χ1) is 6.27. The molecule has 13 heavy (non-hydrogen) atoms. The molecule has 0 aromatic carbocycles. The fraction of sp³-hybridized carbons (Fsp3) is 1.00. The summed E-state index contributed by atoms with van der Waals surface area (Å²) in [5, 5.41) is 2.90. The topological polar surface area (TPSA) is 81.8 Å². The van der Waals surface area contributed by atoms with Gasteiger partial charge in [-0.1, -0.05) is 5.18 Å². The molecule has 0 spiro atoms. The molecule has 6 heteroatoms. The molecule has 76 valence electrons. The van der Waals surface area contributed by atoms with Crippen molar-refractivity contribution < 1.29 is 8.49 Å². The van der Waals surface area contributed by atoms with Crippen LogP contribution in [0.15, 0.2) is 5.18 Å². The summed E-state index contributed by atoms with van der Waals surface area (Å²) >= 11 is -1.36. The van der Waals surface area contributed by atoms with Crippen LogP contribution in [0.4, 0.5) is 0 Å². The van der Waals surface area contributed by atoms with E-state index in [1.54, 1.807) is 0 Å². The van der Waals surface area contributed by atoms with Crippen LogP contribution in [0.25, 0.3) is 0 Å². The molecular formula is C7H14N2O3S. The highest BCUT2D eigenvalue weighted by Crippen LogP contribution is 2.27. The van der Waals surface area contributed by atoms with Gasteiger partial charge in [0, 0.05) is 0 Å². The van der Waals surface area contributed by atoms with Gasteiger partial charge in [0.25, 0.3) is 0 Å². The Morgan fingerprint density at radius 1 is 1.38 bits per heavy atom. The summed E-state index contributed by atoms with van der Waals surface area (Å²) in [6.07, 6.45) is 3.41. The molecule has 1 aliphatic carbocycles. The molecule has 0 bridgehead atoms. The van der Waals surface area contributed by atoms with Crippen LogP contribution in [0.5, 0.6) is 0 Å². The van der Waals surface area contributed by atoms with Gasteiger partial charge in [-0.05, 0) is 31.6 Å². The molecule has 0 aromatic rings. The number of nitroso groups, excluding NO2 is 1. The van der Waals surface area contributed by atoms with Gasteiger partial charge in [0.2, 0.25) is 0 Å². The van der Waals surface area contributed by atoms with E-state index < -0.39 is 11.1 Å². The monoisotopic (exact) mass is 206 g/mol. The van der Waals surface area contributed by atoms with Crippen molar-refractivity contribution in [1.29, 1.82) is 0 Å². The predicted molar refractivity (Wildman–Crippen MR) is 49.8 cm³/mol. The SMILES string of the molecule is NOS(=O)C1CCC(CN=O)CC1. The molecule has 1 rings (SSSR count). The van der Waals surface area contributed by atoms with Crippen LogP contribution in [0.3, 0.4) is 0 Å². The van der Waals surface area contributed by atoms with Gasteiger partial charge in [-0.15, -0.1) is 0 Å². The Morgan fingerprint density at radius 3 is 2.46 bits per heavy atom. The van der Waals surface area contributed by atoms with Crippen LogP contribution < -0.4 is 5.90 Å². The highest BCUT2D eigenvalue weighted by Gasteiger charge is 2.25. The highest BCUT2D eigenvalue weighted by molar-refractivity contribution is 7.80. The lowest BCUT2D eigenvalue weighted by atomic mass is 9.89. The third-order valence-electron chi connectivity index (χ3n) is 2.49. The van der Waals surface area contributed by atoms with E-state index in [-0.39, 0.29) is 5.25 Å². The molecule has 0 amide bonds. The Balaban J connectivity index is 2.30. The Labute approximate surface area is 79.6 Å². The Hall–Kier alpha value is -0.330. The standard InChI is InChI=1S/C7H14N2O3S/c8-12-13(11)7-3-1-6(2-4-7)5-9-10/h6-7H,1-5,8H2. The van der Waals surface area contributed by atoms with E-state index in [0.717, 1.165) is 25.7 Å². The van der Waals surface area contributed by atoms with E-state index in [1.807, 2.05) is 0 Å². The summed E-state index contributed by atoms with van der Waals surface area (Å²) in [6, 6.07) is 0. The molecule has 0 aromatic heterocycles. The van der Waals surface area contributed by atoms with Crippen molar-refractivity contribution in [1.82, 2.24) is 0 Å². The van der Waals surface area contributed by atoms with Gasteiger partial charge < -0.3 is 0 Å². The number of nitrogens with two attached hydrogens (primary N) is 1. The largest absolute Gasteiger partial charge is 0.228 e. The van der Waals surface area contributed by atoms with Crippen molar-refractivity contribution >= 4 is 11.1 Å². The number of hydrogen-bond donors (Lipinski definition) is 1. The van der Waals surface area contributed by atoms with Crippen molar-refractivity contribution in [2.45, 2.75) is 30.9 Å². The third-order valence-corrected chi connectivity index (χ3v) is 3.70. The number of hydrogen-bond acceptors (Lipinski definition) is 5. The zero-order valence-corrected chi connectivity index (χ0v) is 8.16. The molecule has 5 nitrogen and oxygen atoms in total. The van der Waals surface area contributed by atoms with E-state index >= 15 is 0 Å². The molecule has 0 saturated heterocycles. The molecule has 1 unspecified atom stereocenters. The average molecular weight is 206 g/mol. The van der Waals surface area contributed by atoms with Crippen LogP contribution in [0.2, 0.25) is 0 Å². The number of nitrogens with zero attached hydrogens (tertiary/aromatic N) is 1. The van der Waals surface area contributed by atoms with E-state index in [9.17, 15) is 9.12 Å². The smallest absolute Gasteiger partial charge is 0.176 e. The molecule has 1 fully saturated rings. The Morgan fingerprint density at radius 2 is 2.00 bits per heavy atom. The molecule has 0 heterocycles. The molecule has 1 aliphatic rings. The van der Waals surface area contributed by atoms with E-state index in [4.69, 9.17) is 5.90 Å². The second-order valence-electron chi connectivity index (χ2n) is 3.31. The number of rotatable bonds is 4. The maximum atomic E-state index is 11.1. The van der Waals surface area contributed by atoms with E-state index in [1.165, 1.54) is 0 Å². The van der Waals surface area contributed by atoms with E-state index in [2.05, 4.69) is 9.46 Å². The van der Waals surface area contributed by atoms with Gasteiger partial charge in [0.05, 0.1) is 11.8 Å². The minimum absolute atomic E-state index is 0.0351. The second-order valence-corrected chi connectivity index (χ2v) is 4.69. The summed E-state index contributed by atoms with van der Waals surface area (Å²) in [6.45, 7) is 0.378. The molecular weight excluding hydrogens is 192 g/mol. The van der Waals surface area contributed by atoms with Crippen molar-refractivity contribution in [3.05, 3.63) is 4.91 Å². The molecule has 1 atom stereocenters. The summed E-state index contributed by atoms with van der Waals surface area (Å²) in [7, 11) is 0. The van der Waals surface area contributed by atoms with Crippen molar-refractivity contribution in [2.24, 2.45) is 17.0 Å². The Bertz CT molecular complexity index is 192. The van der Waals surface area contributed by atoms with Crippen molar-refractivity contribution in [3.8, 4) is 0 Å². The molecule has 0 aliphatic heterocycles. The Kier molecular flexibility index (Phi) is 4.47. The lowest BCUT2D eigenvalue weighted by Gasteiger charge is -2.24. The van der Waals surface area contributed by atoms with Crippen LogP contribution in [0.1, 0.15) is 25.7 Å². The quantitative estimate of drug-likeness (QED) is 0.546. The minimum Gasteiger partial charge on any atom is -0.228 e. The van der Waals surface area contributed by atoms with Gasteiger partial charge in [-0.3, -0.25) is 0 Å². The fourth-order valence-electron chi connectivity index (χ4n) is 1.69. The highest BCUT2D eigenvalue weighted by atomic mass is 32.2. The normalized spacial score (nSPS) is 31.2. The molecule has 0 radical (unpaired) electrons. The van der Waals surface area contributed by atoms with Gasteiger partial charge in [0.15, 0.2) is 11.1 Å². The van der Waals surface area contributed by atoms with Crippen LogP contribution in [0, 0.1) is 10.8 Å². The lowest BCUT2D eigenvalue weighted by molar-refractivity contribution is 0.327. The van der Waals surface area contributed by atoms with Crippen LogP contribution in [-0.4, -0.2) is 16.0 Å². The first-order valence-electron chi connectivity index (χ1n) is 4.34. The predicted octanol–water partition coefficient (Wildman–Crippen LogP) is 0.866. The summed E-state index contributed by atoms with van der Waals surface area (Å²) < 4.78 is 15.4. The summed E-state index contributed by atoms with van der Waals surface area (Å²) in [4.78, 5) is 9.99. The summed E-state index contributed by atoms with van der Waals surface area (Å²) in [5.41, 5.74) is 0. The lowest BCUT2D eigenvalue weighted by Crippen LogP contribution is -2.26. The van der Waals surface area contributed by atoms with Crippen molar-refractivity contribution in [2.75, 3.05) is 6.54 Å². The molecule has 2 N–H and O–H groups in total. The summed E-state index contributed by atoms with van der Waals surface area (Å²) in [5.74, 6) is 5.19.